The number of aromatic nitrogens is 2. The van der Waals surface area contributed by atoms with Gasteiger partial charge in [-0.05, 0) is 24.3 Å². The number of hydrogen-bond donors (Lipinski definition) is 2. The van der Waals surface area contributed by atoms with Gasteiger partial charge in [-0.2, -0.15) is 5.10 Å². The standard InChI is InChI=1S/C13H15BrFN3/c1-8(2)16-7-10-6-13(18-17-10)11-4-3-9(14)5-12(11)15/h3-6,8,16H,7H2,1-2H3,(H,17,18). The fraction of sp³-hybridized carbons (Fsp3) is 0.308. The molecule has 0 radical (unpaired) electrons. The van der Waals surface area contributed by atoms with Crippen molar-refractivity contribution in [2.45, 2.75) is 26.4 Å². The Kier molecular flexibility index (Phi) is 4.14. The van der Waals surface area contributed by atoms with Gasteiger partial charge < -0.3 is 5.32 Å². The molecule has 5 heteroatoms. The summed E-state index contributed by atoms with van der Waals surface area (Å²) in [5, 5.41) is 10.3. The van der Waals surface area contributed by atoms with Gasteiger partial charge in [-0.3, -0.25) is 5.10 Å². The molecule has 0 spiro atoms. The van der Waals surface area contributed by atoms with Gasteiger partial charge in [-0.15, -0.1) is 0 Å². The van der Waals surface area contributed by atoms with Crippen LogP contribution in [0.15, 0.2) is 28.7 Å². The monoisotopic (exact) mass is 311 g/mol. The minimum absolute atomic E-state index is 0.278. The number of H-pyrrole nitrogens is 1. The topological polar surface area (TPSA) is 40.7 Å². The summed E-state index contributed by atoms with van der Waals surface area (Å²) in [5.41, 5.74) is 2.08. The van der Waals surface area contributed by atoms with Crippen LogP contribution in [0.3, 0.4) is 0 Å². The summed E-state index contributed by atoms with van der Waals surface area (Å²) in [6.07, 6.45) is 0. The molecule has 0 aliphatic carbocycles. The number of nitrogens with zero attached hydrogens (tertiary/aromatic N) is 1. The van der Waals surface area contributed by atoms with Crippen molar-refractivity contribution in [2.24, 2.45) is 0 Å². The third-order valence-corrected chi connectivity index (χ3v) is 3.03. The average Bonchev–Trinajstić information content (AvgIpc) is 2.75. The summed E-state index contributed by atoms with van der Waals surface area (Å²) < 4.78 is 14.5. The van der Waals surface area contributed by atoms with Crippen molar-refractivity contribution in [3.8, 4) is 11.3 Å². The molecule has 2 rings (SSSR count). The van der Waals surface area contributed by atoms with E-state index in [1.54, 1.807) is 12.1 Å². The van der Waals surface area contributed by atoms with E-state index in [0.29, 0.717) is 23.8 Å². The summed E-state index contributed by atoms with van der Waals surface area (Å²) in [7, 11) is 0. The van der Waals surface area contributed by atoms with Gasteiger partial charge in [-0.25, -0.2) is 4.39 Å². The molecular weight excluding hydrogens is 297 g/mol. The Morgan fingerprint density at radius 3 is 2.83 bits per heavy atom. The SMILES string of the molecule is CC(C)NCc1cc(-c2ccc(Br)cc2F)n[nH]1. The number of halogens is 2. The molecule has 2 aromatic rings. The number of nitrogens with one attached hydrogen (secondary N) is 2. The van der Waals surface area contributed by atoms with Crippen molar-refractivity contribution >= 4 is 15.9 Å². The second kappa shape index (κ2) is 5.63. The van der Waals surface area contributed by atoms with E-state index in [2.05, 4.69) is 45.3 Å². The number of benzene rings is 1. The maximum atomic E-state index is 13.8. The fourth-order valence-electron chi connectivity index (χ4n) is 1.60. The van der Waals surface area contributed by atoms with Crippen LogP contribution < -0.4 is 5.32 Å². The molecule has 0 bridgehead atoms. The van der Waals surface area contributed by atoms with Crippen LogP contribution in [0.2, 0.25) is 0 Å². The van der Waals surface area contributed by atoms with E-state index in [1.165, 1.54) is 6.07 Å². The molecule has 2 N–H and O–H groups in total. The highest BCUT2D eigenvalue weighted by Crippen LogP contribution is 2.24. The smallest absolute Gasteiger partial charge is 0.133 e. The van der Waals surface area contributed by atoms with E-state index in [-0.39, 0.29) is 5.82 Å². The Morgan fingerprint density at radius 1 is 1.39 bits per heavy atom. The van der Waals surface area contributed by atoms with Crippen molar-refractivity contribution in [3.63, 3.8) is 0 Å². The minimum atomic E-state index is -0.278. The van der Waals surface area contributed by atoms with E-state index >= 15 is 0 Å². The molecule has 0 aliphatic rings. The summed E-state index contributed by atoms with van der Waals surface area (Å²) in [6.45, 7) is 4.85. The normalized spacial score (nSPS) is 11.2. The molecule has 1 aromatic carbocycles. The first-order valence-corrected chi connectivity index (χ1v) is 6.58. The van der Waals surface area contributed by atoms with Crippen LogP contribution in [0.25, 0.3) is 11.3 Å². The zero-order valence-electron chi connectivity index (χ0n) is 10.3. The van der Waals surface area contributed by atoms with Crippen molar-refractivity contribution in [1.82, 2.24) is 15.5 Å². The highest BCUT2D eigenvalue weighted by atomic mass is 79.9. The van der Waals surface area contributed by atoms with Crippen molar-refractivity contribution < 1.29 is 4.39 Å². The molecule has 3 nitrogen and oxygen atoms in total. The number of hydrogen-bond acceptors (Lipinski definition) is 2. The number of aromatic amines is 1. The summed E-state index contributed by atoms with van der Waals surface area (Å²) in [6, 6.07) is 7.23. The third-order valence-electron chi connectivity index (χ3n) is 2.54. The van der Waals surface area contributed by atoms with Gasteiger partial charge in [0.1, 0.15) is 5.82 Å². The molecule has 18 heavy (non-hydrogen) atoms. The maximum absolute atomic E-state index is 13.8. The van der Waals surface area contributed by atoms with Gasteiger partial charge in [0.05, 0.1) is 5.69 Å². The largest absolute Gasteiger partial charge is 0.309 e. The molecule has 0 atom stereocenters. The first-order chi connectivity index (χ1) is 8.56. The Morgan fingerprint density at radius 2 is 2.17 bits per heavy atom. The summed E-state index contributed by atoms with van der Waals surface area (Å²) in [5.74, 6) is -0.278. The zero-order valence-corrected chi connectivity index (χ0v) is 11.9. The van der Waals surface area contributed by atoms with E-state index in [1.807, 2.05) is 6.07 Å². The second-order valence-corrected chi connectivity index (χ2v) is 5.35. The first kappa shape index (κ1) is 13.2. The quantitative estimate of drug-likeness (QED) is 0.907. The molecule has 0 fully saturated rings. The van der Waals surface area contributed by atoms with Gasteiger partial charge in [-0.1, -0.05) is 29.8 Å². The lowest BCUT2D eigenvalue weighted by Gasteiger charge is -2.04. The molecule has 0 saturated heterocycles. The molecular formula is C13H15BrFN3. The minimum Gasteiger partial charge on any atom is -0.309 e. The van der Waals surface area contributed by atoms with Crippen molar-refractivity contribution in [2.75, 3.05) is 0 Å². The Hall–Kier alpha value is -1.20. The lowest BCUT2D eigenvalue weighted by Crippen LogP contribution is -2.21. The summed E-state index contributed by atoms with van der Waals surface area (Å²) >= 11 is 3.24. The van der Waals surface area contributed by atoms with Crippen LogP contribution in [0.1, 0.15) is 19.5 Å². The van der Waals surface area contributed by atoms with Gasteiger partial charge in [0.15, 0.2) is 0 Å². The van der Waals surface area contributed by atoms with Crippen LogP contribution >= 0.6 is 15.9 Å². The van der Waals surface area contributed by atoms with Crippen LogP contribution in [-0.2, 0) is 6.54 Å². The average molecular weight is 312 g/mol. The Bertz CT molecular complexity index is 537. The van der Waals surface area contributed by atoms with E-state index < -0.39 is 0 Å². The second-order valence-electron chi connectivity index (χ2n) is 4.44. The predicted molar refractivity (Wildman–Crippen MR) is 73.7 cm³/mol. The van der Waals surface area contributed by atoms with Gasteiger partial charge in [0, 0.05) is 28.3 Å². The molecule has 0 unspecified atom stereocenters. The third kappa shape index (κ3) is 3.17. The molecule has 96 valence electrons. The van der Waals surface area contributed by atoms with Crippen LogP contribution in [0, 0.1) is 5.82 Å². The number of rotatable bonds is 4. The van der Waals surface area contributed by atoms with Gasteiger partial charge in [0.25, 0.3) is 0 Å². The summed E-state index contributed by atoms with van der Waals surface area (Å²) in [4.78, 5) is 0. The molecule has 0 amide bonds. The van der Waals surface area contributed by atoms with Crippen molar-refractivity contribution in [1.29, 1.82) is 0 Å². The van der Waals surface area contributed by atoms with E-state index in [0.717, 1.165) is 10.2 Å². The Balaban J connectivity index is 2.18. The van der Waals surface area contributed by atoms with Crippen LogP contribution in [0.5, 0.6) is 0 Å². The lowest BCUT2D eigenvalue weighted by atomic mass is 10.1. The molecule has 0 saturated carbocycles. The predicted octanol–water partition coefficient (Wildman–Crippen LogP) is 3.48. The fourth-order valence-corrected chi connectivity index (χ4v) is 1.93. The van der Waals surface area contributed by atoms with Gasteiger partial charge in [0.2, 0.25) is 0 Å². The highest BCUT2D eigenvalue weighted by molar-refractivity contribution is 9.10. The van der Waals surface area contributed by atoms with Crippen LogP contribution in [-0.4, -0.2) is 16.2 Å². The zero-order chi connectivity index (χ0) is 13.1. The highest BCUT2D eigenvalue weighted by Gasteiger charge is 2.09. The first-order valence-electron chi connectivity index (χ1n) is 5.79. The van der Waals surface area contributed by atoms with E-state index in [4.69, 9.17) is 0 Å². The van der Waals surface area contributed by atoms with Crippen LogP contribution in [0.4, 0.5) is 4.39 Å². The Labute approximate surface area is 114 Å². The van der Waals surface area contributed by atoms with E-state index in [9.17, 15) is 4.39 Å². The maximum Gasteiger partial charge on any atom is 0.133 e. The van der Waals surface area contributed by atoms with Crippen molar-refractivity contribution in [3.05, 3.63) is 40.2 Å². The van der Waals surface area contributed by atoms with Gasteiger partial charge >= 0.3 is 0 Å². The molecule has 1 heterocycles. The molecule has 1 aromatic heterocycles. The molecule has 0 aliphatic heterocycles. The lowest BCUT2D eigenvalue weighted by molar-refractivity contribution is 0.580.